The number of carbonyl (C=O) groups is 1. The van der Waals surface area contributed by atoms with Crippen LogP contribution in [0.4, 0.5) is 13.2 Å². The van der Waals surface area contributed by atoms with Gasteiger partial charge < -0.3 is 15.7 Å². The number of hydrogen-bond donors (Lipinski definition) is 3. The van der Waals surface area contributed by atoms with Crippen molar-refractivity contribution in [3.05, 3.63) is 63.0 Å². The summed E-state index contributed by atoms with van der Waals surface area (Å²) in [4.78, 5) is 22.9. The number of likely N-dealkylation sites (tertiary alicyclic amines) is 1. The smallest absolute Gasteiger partial charge is 0.335 e. The zero-order valence-electron chi connectivity index (χ0n) is 17.7. The van der Waals surface area contributed by atoms with Gasteiger partial charge in [0.2, 0.25) is 0 Å². The van der Waals surface area contributed by atoms with Crippen LogP contribution in [0.5, 0.6) is 0 Å². The molecule has 33 heavy (non-hydrogen) atoms. The number of aliphatic carboxylic acids is 1. The van der Waals surface area contributed by atoms with Gasteiger partial charge in [0.15, 0.2) is 10.8 Å². The van der Waals surface area contributed by atoms with E-state index in [2.05, 4.69) is 20.6 Å². The molecule has 3 aliphatic heterocycles. The predicted octanol–water partition coefficient (Wildman–Crippen LogP) is 2.70. The van der Waals surface area contributed by atoms with Crippen molar-refractivity contribution < 1.29 is 23.1 Å². The van der Waals surface area contributed by atoms with Crippen LogP contribution in [0, 0.1) is 12.7 Å². The number of fused-ring (bicyclic) bond motifs is 1. The first-order valence-corrected chi connectivity index (χ1v) is 11.5. The Bertz CT molecular complexity index is 1150. The number of alkyl halides is 2. The lowest BCUT2D eigenvalue weighted by Gasteiger charge is -2.30. The molecule has 0 unspecified atom stereocenters. The molecule has 3 aliphatic rings. The Kier molecular flexibility index (Phi) is 5.50. The van der Waals surface area contributed by atoms with Crippen LogP contribution in [-0.2, 0) is 4.79 Å². The molecule has 11 heteroatoms. The van der Waals surface area contributed by atoms with Crippen molar-refractivity contribution in [1.82, 2.24) is 20.5 Å². The van der Waals surface area contributed by atoms with Gasteiger partial charge in [-0.05, 0) is 37.1 Å². The van der Waals surface area contributed by atoms with Crippen LogP contribution < -0.4 is 10.6 Å². The fourth-order valence-corrected chi connectivity index (χ4v) is 5.53. The van der Waals surface area contributed by atoms with Crippen molar-refractivity contribution >= 4 is 23.1 Å². The molecular weight excluding hydrogens is 455 g/mol. The van der Waals surface area contributed by atoms with Gasteiger partial charge in [-0.2, -0.15) is 0 Å². The number of amidine groups is 1. The van der Waals surface area contributed by atoms with Crippen LogP contribution >= 0.6 is 11.3 Å². The number of halogens is 3. The van der Waals surface area contributed by atoms with Crippen molar-refractivity contribution in [3.63, 3.8) is 0 Å². The summed E-state index contributed by atoms with van der Waals surface area (Å²) in [5, 5.41) is 18.3. The van der Waals surface area contributed by atoms with Gasteiger partial charge >= 0.3 is 5.97 Å². The van der Waals surface area contributed by atoms with Crippen LogP contribution in [-0.4, -0.2) is 64.4 Å². The number of aliphatic imine (C=N–C) groups is 1. The van der Waals surface area contributed by atoms with Gasteiger partial charge in [0.25, 0.3) is 5.92 Å². The van der Waals surface area contributed by atoms with E-state index in [1.807, 2.05) is 0 Å². The highest BCUT2D eigenvalue weighted by atomic mass is 32.1. The van der Waals surface area contributed by atoms with Crippen molar-refractivity contribution in [1.29, 1.82) is 0 Å². The number of hydrogen-bond acceptors (Lipinski definition) is 7. The molecule has 2 fully saturated rings. The standard InChI is InChI=1S/C22H22F3N5O2S/c1-11-12(3-2-4-13(11)23)17-16(21(31)32)14(28-19(29-17)20-27-7-8-33-20)9-30-10-22(24,25)18-15(30)5-6-26-18/h2-4,7-8,15,17-18,26H,5-6,9-10H2,1H3,(H,28,29)(H,31,32)/t15-,17-,18+/m0/s1. The molecule has 0 spiro atoms. The molecule has 2 aromatic rings. The molecule has 5 rings (SSSR count). The zero-order chi connectivity index (χ0) is 23.3. The van der Waals surface area contributed by atoms with Gasteiger partial charge in [-0.25, -0.2) is 22.9 Å². The Morgan fingerprint density at radius 2 is 2.21 bits per heavy atom. The fourth-order valence-electron chi connectivity index (χ4n) is 4.94. The number of benzene rings is 1. The topological polar surface area (TPSA) is 89.9 Å². The number of carboxylic acids is 1. The second-order valence-electron chi connectivity index (χ2n) is 8.45. The molecule has 0 aliphatic carbocycles. The summed E-state index contributed by atoms with van der Waals surface area (Å²) in [6.45, 7) is 1.56. The van der Waals surface area contributed by atoms with Crippen molar-refractivity contribution in [3.8, 4) is 0 Å². The molecule has 1 aromatic carbocycles. The van der Waals surface area contributed by atoms with Crippen LogP contribution in [0.3, 0.4) is 0 Å². The molecule has 0 amide bonds. The van der Waals surface area contributed by atoms with E-state index in [4.69, 9.17) is 0 Å². The van der Waals surface area contributed by atoms with E-state index in [1.165, 1.54) is 23.5 Å². The van der Waals surface area contributed by atoms with Gasteiger partial charge in [0, 0.05) is 29.9 Å². The lowest BCUT2D eigenvalue weighted by molar-refractivity contribution is -0.133. The Balaban J connectivity index is 1.59. The van der Waals surface area contributed by atoms with Crippen molar-refractivity contribution in [2.24, 2.45) is 4.99 Å². The van der Waals surface area contributed by atoms with Crippen LogP contribution in [0.1, 0.15) is 28.6 Å². The van der Waals surface area contributed by atoms with Crippen molar-refractivity contribution in [2.45, 2.75) is 37.4 Å². The summed E-state index contributed by atoms with van der Waals surface area (Å²) < 4.78 is 43.5. The third-order valence-corrected chi connectivity index (χ3v) is 7.26. The van der Waals surface area contributed by atoms with E-state index >= 15 is 0 Å². The first-order chi connectivity index (χ1) is 15.8. The molecule has 4 heterocycles. The molecule has 3 atom stereocenters. The first kappa shape index (κ1) is 22.1. The molecule has 3 N–H and O–H groups in total. The number of carboxylic acid groups (broad SMARTS) is 1. The minimum atomic E-state index is -2.91. The number of nitrogens with zero attached hydrogens (tertiary/aromatic N) is 3. The summed E-state index contributed by atoms with van der Waals surface area (Å²) >= 11 is 1.31. The lowest BCUT2D eigenvalue weighted by Crippen LogP contribution is -2.42. The maximum atomic E-state index is 14.6. The van der Waals surface area contributed by atoms with E-state index in [-0.39, 0.29) is 23.4 Å². The zero-order valence-corrected chi connectivity index (χ0v) is 18.5. The number of aromatic nitrogens is 1. The van der Waals surface area contributed by atoms with E-state index in [0.29, 0.717) is 29.4 Å². The SMILES string of the molecule is Cc1c(F)cccc1[C@@H]1N=C(c2nccs2)NC(CN2CC(F)(F)[C@@H]3NCC[C@@H]32)=C1C(=O)O. The summed E-state index contributed by atoms with van der Waals surface area (Å²) in [6.07, 6.45) is 2.15. The average Bonchev–Trinajstić information content (AvgIpc) is 3.50. The van der Waals surface area contributed by atoms with Crippen LogP contribution in [0.15, 0.2) is 46.0 Å². The maximum Gasteiger partial charge on any atom is 0.335 e. The highest BCUT2D eigenvalue weighted by Crippen LogP contribution is 2.39. The summed E-state index contributed by atoms with van der Waals surface area (Å²) in [6, 6.07) is 2.08. The number of rotatable bonds is 5. The second kappa shape index (κ2) is 8.23. The lowest BCUT2D eigenvalue weighted by atomic mass is 9.92. The first-order valence-electron chi connectivity index (χ1n) is 10.6. The van der Waals surface area contributed by atoms with Crippen LogP contribution in [0.2, 0.25) is 0 Å². The van der Waals surface area contributed by atoms with Gasteiger partial charge in [0.05, 0.1) is 18.2 Å². The monoisotopic (exact) mass is 477 g/mol. The Morgan fingerprint density at radius 1 is 1.39 bits per heavy atom. The third kappa shape index (κ3) is 3.83. The summed E-state index contributed by atoms with van der Waals surface area (Å²) in [5.74, 6) is -4.28. The second-order valence-corrected chi connectivity index (χ2v) is 9.34. The number of thiazole rings is 1. The quantitative estimate of drug-likeness (QED) is 0.614. The Morgan fingerprint density at radius 3 is 2.94 bits per heavy atom. The third-order valence-electron chi connectivity index (χ3n) is 6.48. The highest BCUT2D eigenvalue weighted by molar-refractivity contribution is 7.11. The Labute approximate surface area is 192 Å². The van der Waals surface area contributed by atoms with Crippen LogP contribution in [0.25, 0.3) is 0 Å². The molecule has 0 bridgehead atoms. The minimum Gasteiger partial charge on any atom is -0.478 e. The fraction of sp³-hybridized carbons (Fsp3) is 0.409. The van der Waals surface area contributed by atoms with Crippen molar-refractivity contribution in [2.75, 3.05) is 19.6 Å². The largest absolute Gasteiger partial charge is 0.478 e. The summed E-state index contributed by atoms with van der Waals surface area (Å²) in [7, 11) is 0. The molecule has 7 nitrogen and oxygen atoms in total. The molecule has 174 valence electrons. The number of nitrogens with one attached hydrogen (secondary N) is 2. The predicted molar refractivity (Wildman–Crippen MR) is 117 cm³/mol. The van der Waals surface area contributed by atoms with Gasteiger partial charge in [-0.15, -0.1) is 11.3 Å². The maximum absolute atomic E-state index is 14.6. The molecule has 2 saturated heterocycles. The highest BCUT2D eigenvalue weighted by Gasteiger charge is 2.56. The van der Waals surface area contributed by atoms with Gasteiger partial charge in [-0.1, -0.05) is 12.1 Å². The van der Waals surface area contributed by atoms with Gasteiger partial charge in [0.1, 0.15) is 11.9 Å². The minimum absolute atomic E-state index is 0.0185. The normalized spacial score (nSPS) is 26.8. The molecule has 0 radical (unpaired) electrons. The van der Waals surface area contributed by atoms with E-state index in [1.54, 1.807) is 29.5 Å². The Hall–Kier alpha value is -2.76. The average molecular weight is 478 g/mol. The summed E-state index contributed by atoms with van der Waals surface area (Å²) in [5.41, 5.74) is 0.881. The van der Waals surface area contributed by atoms with E-state index < -0.39 is 42.4 Å². The van der Waals surface area contributed by atoms with E-state index in [9.17, 15) is 23.1 Å². The van der Waals surface area contributed by atoms with Gasteiger partial charge in [-0.3, -0.25) is 9.89 Å². The molecular formula is C22H22F3N5O2S. The van der Waals surface area contributed by atoms with E-state index in [0.717, 1.165) is 0 Å². The molecule has 1 aromatic heterocycles. The molecule has 0 saturated carbocycles.